The summed E-state index contributed by atoms with van der Waals surface area (Å²) in [6.45, 7) is 58.4. The van der Waals surface area contributed by atoms with E-state index in [0.29, 0.717) is 23.7 Å². The number of benzene rings is 4. The predicted molar refractivity (Wildman–Crippen MR) is 301 cm³/mol. The summed E-state index contributed by atoms with van der Waals surface area (Å²) in [5.74, 6) is -1.37. The van der Waals surface area contributed by atoms with E-state index in [4.69, 9.17) is 0 Å². The third-order valence-electron chi connectivity index (χ3n) is 14.4. The van der Waals surface area contributed by atoms with Gasteiger partial charge in [-0.15, -0.1) is 0 Å². The van der Waals surface area contributed by atoms with Crippen molar-refractivity contribution in [3.05, 3.63) is 119 Å². The van der Waals surface area contributed by atoms with Crippen LogP contribution in [-0.2, 0) is 0 Å². The van der Waals surface area contributed by atoms with E-state index in [0.717, 1.165) is 15.9 Å². The Morgan fingerprint density at radius 3 is 0.641 bits per heavy atom. The van der Waals surface area contributed by atoms with E-state index in [-0.39, 0.29) is 43.3 Å². The molecule has 354 valence electrons. The van der Waals surface area contributed by atoms with E-state index in [1.165, 1.54) is 22.3 Å². The van der Waals surface area contributed by atoms with Crippen LogP contribution in [0.15, 0.2) is 97.1 Å². The number of hydrogen-bond acceptors (Lipinski definition) is 0. The van der Waals surface area contributed by atoms with Crippen molar-refractivity contribution in [2.24, 2.45) is 43.3 Å². The van der Waals surface area contributed by atoms with Crippen LogP contribution in [0.5, 0.6) is 0 Å². The Morgan fingerprint density at radius 1 is 0.297 bits per heavy atom. The quantitative estimate of drug-likeness (QED) is 0.154. The van der Waals surface area contributed by atoms with Crippen LogP contribution in [0.1, 0.15) is 212 Å². The molecule has 0 saturated carbocycles. The maximum absolute atomic E-state index is 3.10. The molecule has 3 unspecified atom stereocenters. The summed E-state index contributed by atoms with van der Waals surface area (Å²) in [6.07, 6.45) is 0. The second-order valence-corrected chi connectivity index (χ2v) is 49.2. The van der Waals surface area contributed by atoms with Gasteiger partial charge in [-0.1, -0.05) is 0 Å². The predicted octanol–water partition coefficient (Wildman–Crippen LogP) is 19.1. The molecule has 0 radical (unpaired) electrons. The molecule has 1 saturated heterocycles. The fourth-order valence-electron chi connectivity index (χ4n) is 14.4. The molecular formula is C60H94P4. The number of hydrogen-bond donors (Lipinski definition) is 0. The second-order valence-electron chi connectivity index (χ2n) is 28.6. The first-order valence-electron chi connectivity index (χ1n) is 24.5. The summed E-state index contributed by atoms with van der Waals surface area (Å²) in [6, 6.07) is 41.6. The molecule has 0 amide bonds. The van der Waals surface area contributed by atoms with Crippen molar-refractivity contribution in [2.75, 3.05) is 0 Å². The van der Waals surface area contributed by atoms with Crippen LogP contribution < -0.4 is 21.2 Å². The van der Waals surface area contributed by atoms with Crippen LogP contribution >= 0.6 is 29.2 Å². The third-order valence-corrected chi connectivity index (χ3v) is 53.1. The zero-order chi connectivity index (χ0) is 48.7. The molecule has 0 aliphatic carbocycles. The van der Waals surface area contributed by atoms with Crippen LogP contribution in [-0.4, -0.2) is 0 Å². The van der Waals surface area contributed by atoms with Crippen molar-refractivity contribution in [1.82, 2.24) is 0 Å². The average Bonchev–Trinajstić information content (AvgIpc) is 3.06. The summed E-state index contributed by atoms with van der Waals surface area (Å²) >= 11 is 0. The van der Waals surface area contributed by atoms with Gasteiger partial charge in [-0.2, -0.15) is 0 Å². The normalized spacial score (nSPS) is 19.4. The SMILES string of the molecule is CC(C)(C)C(c1ccc(P2PPP2(c2ccc(C(C(C)(C)C)C(C)(C)C)cc2)(c2ccc(C(C(C)(C)C)C(C)(C)C)cc2)c2ccc(C(C(C)(C)C)C(C)(C)C)cc2)cc1)C(C)(C)C. The van der Waals surface area contributed by atoms with E-state index >= 15 is 0 Å². The Balaban J connectivity index is 1.92. The maximum atomic E-state index is 2.65. The molecule has 0 bridgehead atoms. The van der Waals surface area contributed by atoms with Gasteiger partial charge in [-0.25, -0.2) is 0 Å². The van der Waals surface area contributed by atoms with E-state index in [1.54, 1.807) is 21.2 Å². The van der Waals surface area contributed by atoms with Gasteiger partial charge in [0.15, 0.2) is 0 Å². The summed E-state index contributed by atoms with van der Waals surface area (Å²) in [5.41, 5.74) is 7.01. The Kier molecular flexibility index (Phi) is 14.7. The molecule has 1 heterocycles. The van der Waals surface area contributed by atoms with Crippen LogP contribution in [0, 0.1) is 43.3 Å². The minimum atomic E-state index is -3.10. The summed E-state index contributed by atoms with van der Waals surface area (Å²) in [4.78, 5) is 0. The molecule has 0 aromatic heterocycles. The molecule has 4 heteroatoms. The van der Waals surface area contributed by atoms with E-state index in [9.17, 15) is 0 Å². The van der Waals surface area contributed by atoms with Gasteiger partial charge in [-0.05, 0) is 0 Å². The monoisotopic (exact) mass is 939 g/mol. The Bertz CT molecular complexity index is 1950. The molecule has 5 rings (SSSR count). The van der Waals surface area contributed by atoms with Gasteiger partial charge in [0.05, 0.1) is 0 Å². The molecule has 64 heavy (non-hydrogen) atoms. The van der Waals surface area contributed by atoms with Gasteiger partial charge in [0.1, 0.15) is 0 Å². The Morgan fingerprint density at radius 2 is 0.484 bits per heavy atom. The van der Waals surface area contributed by atoms with Crippen LogP contribution in [0.4, 0.5) is 0 Å². The zero-order valence-corrected chi connectivity index (χ0v) is 49.2. The summed E-state index contributed by atoms with van der Waals surface area (Å²) < 4.78 is 0. The van der Waals surface area contributed by atoms with Crippen LogP contribution in [0.2, 0.25) is 0 Å². The minimum absolute atomic E-state index is 0.136. The first-order valence-corrected chi connectivity index (χ1v) is 33.5. The van der Waals surface area contributed by atoms with Gasteiger partial charge in [-0.3, -0.25) is 0 Å². The van der Waals surface area contributed by atoms with Crippen molar-refractivity contribution in [3.63, 3.8) is 0 Å². The molecule has 4 aromatic carbocycles. The molecule has 1 aliphatic heterocycles. The summed E-state index contributed by atoms with van der Waals surface area (Å²) in [7, 11) is 1.21. The Labute approximate surface area is 400 Å². The van der Waals surface area contributed by atoms with E-state index < -0.39 is 13.3 Å². The zero-order valence-electron chi connectivity index (χ0n) is 45.4. The van der Waals surface area contributed by atoms with Crippen molar-refractivity contribution < 1.29 is 0 Å². The second kappa shape index (κ2) is 17.5. The van der Waals surface area contributed by atoms with Crippen molar-refractivity contribution in [1.29, 1.82) is 0 Å². The van der Waals surface area contributed by atoms with Gasteiger partial charge in [0.25, 0.3) is 0 Å². The van der Waals surface area contributed by atoms with Crippen molar-refractivity contribution in [3.8, 4) is 0 Å². The standard InChI is InChI=1S/C60H94P4/c1-53(2,3)49(54(4,5)6)41-25-33-45(34-26-41)63-61-62-64(63,46-35-27-42(28-36-46)50(55(7,8)9)56(10,11)12,47-37-29-43(30-38-47)51(57(13,14)15)58(16,17)18)48-39-31-44(32-40-48)52(59(19,20)21)60(22,23)24/h25-40,49-52,61-62H,1-24H3. The van der Waals surface area contributed by atoms with Crippen LogP contribution in [0.3, 0.4) is 0 Å². The summed E-state index contributed by atoms with van der Waals surface area (Å²) in [5, 5.41) is 6.37. The van der Waals surface area contributed by atoms with E-state index in [2.05, 4.69) is 263 Å². The molecule has 1 fully saturated rings. The van der Waals surface area contributed by atoms with Gasteiger partial charge < -0.3 is 0 Å². The molecule has 3 atom stereocenters. The molecule has 0 spiro atoms. The average molecular weight is 939 g/mol. The van der Waals surface area contributed by atoms with Gasteiger partial charge >= 0.3 is 403 Å². The van der Waals surface area contributed by atoms with Crippen LogP contribution in [0.25, 0.3) is 0 Å². The topological polar surface area (TPSA) is 0 Å². The fourth-order valence-corrected chi connectivity index (χ4v) is 56.8. The van der Waals surface area contributed by atoms with Gasteiger partial charge in [0.2, 0.25) is 0 Å². The van der Waals surface area contributed by atoms with E-state index in [1.807, 2.05) is 0 Å². The third kappa shape index (κ3) is 10.2. The first-order chi connectivity index (χ1) is 28.8. The fraction of sp³-hybridized carbons (Fsp3) is 0.600. The number of rotatable bonds is 8. The van der Waals surface area contributed by atoms with Crippen molar-refractivity contribution in [2.45, 2.75) is 190 Å². The van der Waals surface area contributed by atoms with Gasteiger partial charge in [0, 0.05) is 0 Å². The Hall–Kier alpha value is -1.40. The van der Waals surface area contributed by atoms with Crippen molar-refractivity contribution >= 4 is 50.4 Å². The molecule has 4 aromatic rings. The molecule has 0 nitrogen and oxygen atoms in total. The molecule has 1 aliphatic rings. The molecular weight excluding hydrogens is 845 g/mol. The first kappa shape index (κ1) is 53.6. The molecule has 0 N–H and O–H groups in total.